The van der Waals surface area contributed by atoms with Crippen molar-refractivity contribution < 1.29 is 32.4 Å². The fourth-order valence-electron chi connectivity index (χ4n) is 7.77. The first-order valence-electron chi connectivity index (χ1n) is 17.7. The number of nitrogens with one attached hydrogen (secondary N) is 4. The fourth-order valence-corrected chi connectivity index (χ4v) is 9.29. The van der Waals surface area contributed by atoms with E-state index in [4.69, 9.17) is 0 Å². The molecule has 0 bridgehead atoms. The summed E-state index contributed by atoms with van der Waals surface area (Å²) in [6.07, 6.45) is 6.78. The van der Waals surface area contributed by atoms with Gasteiger partial charge in [0.15, 0.2) is 9.84 Å². The maximum absolute atomic E-state index is 14.4. The van der Waals surface area contributed by atoms with Gasteiger partial charge in [-0.3, -0.25) is 19.2 Å². The molecule has 4 rings (SSSR count). The molecule has 4 N–H and O–H groups in total. The summed E-state index contributed by atoms with van der Waals surface area (Å²) in [6, 6.07) is -3.49. The van der Waals surface area contributed by atoms with Gasteiger partial charge in [0.2, 0.25) is 17.6 Å². The molecule has 0 aromatic heterocycles. The lowest BCUT2D eigenvalue weighted by molar-refractivity contribution is -0.145. The zero-order valence-electron chi connectivity index (χ0n) is 30.5. The van der Waals surface area contributed by atoms with E-state index < -0.39 is 73.2 Å². The molecule has 0 aromatic rings. The van der Waals surface area contributed by atoms with Crippen molar-refractivity contribution in [2.45, 2.75) is 142 Å². The Kier molecular flexibility index (Phi) is 10.8. The molecule has 12 nitrogen and oxygen atoms in total. The maximum atomic E-state index is 14.4. The summed E-state index contributed by atoms with van der Waals surface area (Å²) >= 11 is 0. The van der Waals surface area contributed by atoms with E-state index in [9.17, 15) is 32.4 Å². The Balaban J connectivity index is 1.55. The summed E-state index contributed by atoms with van der Waals surface area (Å²) in [6.45, 7) is 14.9. The molecule has 0 spiro atoms. The highest BCUT2D eigenvalue weighted by Gasteiger charge is 2.70. The molecule has 1 aliphatic heterocycles. The highest BCUT2D eigenvalue weighted by Crippen LogP contribution is 2.65. The van der Waals surface area contributed by atoms with E-state index in [1.54, 1.807) is 20.8 Å². The van der Waals surface area contributed by atoms with Crippen molar-refractivity contribution in [2.75, 3.05) is 19.3 Å². The summed E-state index contributed by atoms with van der Waals surface area (Å²) in [7, 11) is -2.18. The zero-order chi connectivity index (χ0) is 36.0. The summed E-state index contributed by atoms with van der Waals surface area (Å²) in [5, 5.41) is 11.1. The maximum Gasteiger partial charge on any atom is 0.315 e. The number of rotatable bonds is 12. The highest BCUT2D eigenvalue weighted by molar-refractivity contribution is 7.92. The van der Waals surface area contributed by atoms with Crippen LogP contribution in [0.15, 0.2) is 0 Å². The van der Waals surface area contributed by atoms with Crippen LogP contribution in [-0.2, 0) is 29.0 Å². The summed E-state index contributed by atoms with van der Waals surface area (Å²) in [5.74, 6) is -2.11. The van der Waals surface area contributed by atoms with Crippen molar-refractivity contribution in [2.24, 2.45) is 28.6 Å². The molecule has 5 amide bonds. The van der Waals surface area contributed by atoms with Gasteiger partial charge in [-0.25, -0.2) is 13.2 Å². The predicted octanol–water partition coefficient (Wildman–Crippen LogP) is 3.09. The second kappa shape index (κ2) is 13.5. The van der Waals surface area contributed by atoms with Gasteiger partial charge in [-0.15, -0.1) is 0 Å². The molecule has 0 aromatic carbocycles. The van der Waals surface area contributed by atoms with Crippen LogP contribution < -0.4 is 21.3 Å². The number of ketones is 1. The van der Waals surface area contributed by atoms with Gasteiger partial charge < -0.3 is 26.2 Å². The van der Waals surface area contributed by atoms with Crippen LogP contribution >= 0.6 is 0 Å². The number of hydrogen-bond acceptors (Lipinski definition) is 7. The number of carbonyl (C=O) groups is 5. The summed E-state index contributed by atoms with van der Waals surface area (Å²) < 4.78 is 25.6. The van der Waals surface area contributed by atoms with Gasteiger partial charge in [-0.2, -0.15) is 0 Å². The lowest BCUT2D eigenvalue weighted by Crippen LogP contribution is -2.64. The van der Waals surface area contributed by atoms with E-state index in [0.29, 0.717) is 31.7 Å². The van der Waals surface area contributed by atoms with Crippen LogP contribution in [0.2, 0.25) is 0 Å². The van der Waals surface area contributed by atoms with Crippen LogP contribution in [0, 0.1) is 28.6 Å². The van der Waals surface area contributed by atoms with Gasteiger partial charge >= 0.3 is 6.03 Å². The second-order valence-electron chi connectivity index (χ2n) is 17.5. The third-order valence-corrected chi connectivity index (χ3v) is 14.2. The number of likely N-dealkylation sites (tertiary alicyclic amines) is 1. The number of hydrogen-bond donors (Lipinski definition) is 4. The van der Waals surface area contributed by atoms with Crippen LogP contribution in [0.5, 0.6) is 0 Å². The average Bonchev–Trinajstić information content (AvgIpc) is 3.83. The minimum absolute atomic E-state index is 0.0688. The first-order valence-corrected chi connectivity index (χ1v) is 19.4. The van der Waals surface area contributed by atoms with Crippen molar-refractivity contribution in [3.63, 3.8) is 0 Å². The Morgan fingerprint density at radius 2 is 1.52 bits per heavy atom. The molecule has 0 unspecified atom stereocenters. The largest absolute Gasteiger partial charge is 0.353 e. The molecule has 5 atom stereocenters. The van der Waals surface area contributed by atoms with E-state index in [2.05, 4.69) is 35.1 Å². The van der Waals surface area contributed by atoms with E-state index in [1.165, 1.54) is 11.9 Å². The van der Waals surface area contributed by atoms with Gasteiger partial charge in [0.25, 0.3) is 5.91 Å². The molecular weight excluding hydrogens is 634 g/mol. The normalized spacial score (nSPS) is 26.0. The third kappa shape index (κ3) is 8.18. The van der Waals surface area contributed by atoms with Gasteiger partial charge in [0, 0.05) is 13.6 Å². The van der Waals surface area contributed by atoms with E-state index in [1.807, 2.05) is 20.8 Å². The fraction of sp³-hybridized carbons (Fsp3) is 0.857. The quantitative estimate of drug-likeness (QED) is 0.228. The van der Waals surface area contributed by atoms with Crippen LogP contribution in [-0.4, -0.2) is 90.6 Å². The minimum Gasteiger partial charge on any atom is -0.353 e. The minimum atomic E-state index is -3.56. The molecule has 13 heteroatoms. The van der Waals surface area contributed by atoms with Crippen LogP contribution in [0.25, 0.3) is 0 Å². The first-order chi connectivity index (χ1) is 22.0. The third-order valence-electron chi connectivity index (χ3n) is 11.4. The number of Topliss-reactive ketones (excluding diaryl/α,β-unsaturated/α-hetero) is 1. The van der Waals surface area contributed by atoms with Crippen LogP contribution in [0.4, 0.5) is 4.79 Å². The van der Waals surface area contributed by atoms with E-state index >= 15 is 0 Å². The monoisotopic (exact) mass is 693 g/mol. The second-order valence-corrected chi connectivity index (χ2v) is 20.3. The summed E-state index contributed by atoms with van der Waals surface area (Å²) in [5.41, 5.74) is -1.90. The number of likely N-dealkylation sites (N-methyl/N-ethyl adjacent to an activating group) is 1. The molecule has 48 heavy (non-hydrogen) atoms. The average molecular weight is 694 g/mol. The lowest BCUT2D eigenvalue weighted by Gasteiger charge is -2.41. The number of amides is 5. The van der Waals surface area contributed by atoms with Gasteiger partial charge in [-0.1, -0.05) is 66.7 Å². The number of fused-ring (bicyclic) bond motifs is 1. The zero-order valence-corrected chi connectivity index (χ0v) is 31.3. The molecule has 272 valence electrons. The van der Waals surface area contributed by atoms with Gasteiger partial charge in [-0.05, 0) is 75.0 Å². The molecule has 0 radical (unpaired) electrons. The number of piperidine rings is 1. The Hall–Kier alpha value is -2.70. The molecule has 3 saturated carbocycles. The lowest BCUT2D eigenvalue weighted by atomic mass is 9.83. The standard InChI is InChI=1S/C35H59N5O7S/c1-32(2,3)27(38-31(45)39-35(17-11-10-12-18-35)20-48(46,47)33(4,5)6)30(44)40-19-22-24(34(22,7)8)25(40)28(42)37-23(16-15-21-13-14-21)26(41)29(43)36-9/h21-25,27H,10-20H2,1-9H3,(H,36,43)(H,37,42)(H2,38,39,45)/t22-,23-,24-,25-,27+/m0/s1. The molecule has 4 fully saturated rings. The van der Waals surface area contributed by atoms with Crippen LogP contribution in [0.1, 0.15) is 113 Å². The Morgan fingerprint density at radius 1 is 0.917 bits per heavy atom. The number of urea groups is 1. The smallest absolute Gasteiger partial charge is 0.315 e. The molecule has 1 heterocycles. The van der Waals surface area contributed by atoms with Crippen molar-refractivity contribution in [1.29, 1.82) is 0 Å². The topological polar surface area (TPSA) is 171 Å². The number of nitrogens with zero attached hydrogens (tertiary/aromatic N) is 1. The SMILES string of the molecule is CNC(=O)C(=O)[C@H](CCC1CC1)NC(=O)[C@@H]1[C@@H]2[C@H](CN1C(=O)[C@@H](NC(=O)NC1(CS(=O)(=O)C(C)(C)C)CCCCC1)C(C)(C)C)C2(C)C. The first kappa shape index (κ1) is 38.1. The Labute approximate surface area is 287 Å². The Bertz CT molecular complexity index is 1390. The highest BCUT2D eigenvalue weighted by atomic mass is 32.2. The molecule has 3 aliphatic carbocycles. The van der Waals surface area contributed by atoms with Crippen molar-refractivity contribution in [3.8, 4) is 0 Å². The van der Waals surface area contributed by atoms with Crippen molar-refractivity contribution in [1.82, 2.24) is 26.2 Å². The van der Waals surface area contributed by atoms with Crippen molar-refractivity contribution >= 4 is 39.4 Å². The van der Waals surface area contributed by atoms with Gasteiger partial charge in [0.05, 0.1) is 22.1 Å². The summed E-state index contributed by atoms with van der Waals surface area (Å²) in [4.78, 5) is 69.0. The number of carbonyl (C=O) groups excluding carboxylic acids is 5. The predicted molar refractivity (Wildman–Crippen MR) is 183 cm³/mol. The molecular formula is C35H59N5O7S. The van der Waals surface area contributed by atoms with Crippen molar-refractivity contribution in [3.05, 3.63) is 0 Å². The Morgan fingerprint density at radius 3 is 2.04 bits per heavy atom. The number of sulfone groups is 1. The van der Waals surface area contributed by atoms with Gasteiger partial charge in [0.1, 0.15) is 12.1 Å². The van der Waals surface area contributed by atoms with E-state index in [-0.39, 0.29) is 23.0 Å². The molecule has 4 aliphatic rings. The van der Waals surface area contributed by atoms with Crippen LogP contribution in [0.3, 0.4) is 0 Å². The molecule has 1 saturated heterocycles. The van der Waals surface area contributed by atoms with E-state index in [0.717, 1.165) is 38.5 Å².